The SMILES string of the molecule is CCS(=O)(=O)CCCNc1cc(OC)ccc1Cl. The summed E-state index contributed by atoms with van der Waals surface area (Å²) in [6.07, 6.45) is 0.559. The van der Waals surface area contributed by atoms with Crippen LogP contribution in [-0.2, 0) is 9.84 Å². The molecule has 0 fully saturated rings. The maximum absolute atomic E-state index is 11.3. The van der Waals surface area contributed by atoms with E-state index < -0.39 is 9.84 Å². The molecule has 18 heavy (non-hydrogen) atoms. The lowest BCUT2D eigenvalue weighted by Gasteiger charge is -2.10. The Morgan fingerprint density at radius 3 is 2.72 bits per heavy atom. The van der Waals surface area contributed by atoms with Gasteiger partial charge in [-0.05, 0) is 18.6 Å². The minimum Gasteiger partial charge on any atom is -0.497 e. The van der Waals surface area contributed by atoms with Crippen LogP contribution in [0.3, 0.4) is 0 Å². The highest BCUT2D eigenvalue weighted by atomic mass is 35.5. The van der Waals surface area contributed by atoms with Crippen LogP contribution in [0.15, 0.2) is 18.2 Å². The highest BCUT2D eigenvalue weighted by Gasteiger charge is 2.07. The molecule has 102 valence electrons. The normalized spacial score (nSPS) is 11.3. The first kappa shape index (κ1) is 15.1. The number of halogens is 1. The van der Waals surface area contributed by atoms with E-state index in [1.54, 1.807) is 32.2 Å². The Morgan fingerprint density at radius 1 is 1.39 bits per heavy atom. The molecule has 1 rings (SSSR count). The Bertz CT molecular complexity index is 488. The first-order chi connectivity index (χ1) is 8.48. The van der Waals surface area contributed by atoms with Crippen LogP contribution in [0.1, 0.15) is 13.3 Å². The zero-order chi connectivity index (χ0) is 13.6. The van der Waals surface area contributed by atoms with E-state index in [1.807, 2.05) is 0 Å². The molecule has 1 aromatic carbocycles. The van der Waals surface area contributed by atoms with Crippen LogP contribution in [0.25, 0.3) is 0 Å². The highest BCUT2D eigenvalue weighted by Crippen LogP contribution is 2.26. The Kier molecular flexibility index (Phi) is 5.75. The quantitative estimate of drug-likeness (QED) is 0.785. The summed E-state index contributed by atoms with van der Waals surface area (Å²) in [4.78, 5) is 0. The van der Waals surface area contributed by atoms with Crippen molar-refractivity contribution in [3.8, 4) is 5.75 Å². The fourth-order valence-electron chi connectivity index (χ4n) is 1.43. The molecule has 0 aliphatic heterocycles. The van der Waals surface area contributed by atoms with E-state index in [1.165, 1.54) is 0 Å². The van der Waals surface area contributed by atoms with Crippen molar-refractivity contribution in [2.24, 2.45) is 0 Å². The number of methoxy groups -OCH3 is 1. The lowest BCUT2D eigenvalue weighted by atomic mass is 10.3. The first-order valence-corrected chi connectivity index (χ1v) is 7.96. The van der Waals surface area contributed by atoms with Crippen molar-refractivity contribution in [2.45, 2.75) is 13.3 Å². The zero-order valence-electron chi connectivity index (χ0n) is 10.6. The van der Waals surface area contributed by atoms with Gasteiger partial charge in [-0.3, -0.25) is 0 Å². The second-order valence-corrected chi connectivity index (χ2v) is 6.74. The molecule has 0 aliphatic carbocycles. The standard InChI is InChI=1S/C12H18ClNO3S/c1-3-18(15,16)8-4-7-14-12-9-10(17-2)5-6-11(12)13/h5-6,9,14H,3-4,7-8H2,1-2H3. The molecule has 0 atom stereocenters. The van der Waals surface area contributed by atoms with Gasteiger partial charge in [0.1, 0.15) is 15.6 Å². The van der Waals surface area contributed by atoms with E-state index in [4.69, 9.17) is 16.3 Å². The van der Waals surface area contributed by atoms with Gasteiger partial charge in [-0.2, -0.15) is 0 Å². The summed E-state index contributed by atoms with van der Waals surface area (Å²) in [5.74, 6) is 1.09. The van der Waals surface area contributed by atoms with Crippen LogP contribution in [0, 0.1) is 0 Å². The Morgan fingerprint density at radius 2 is 2.11 bits per heavy atom. The number of benzene rings is 1. The number of rotatable bonds is 7. The van der Waals surface area contributed by atoms with Gasteiger partial charge in [-0.1, -0.05) is 18.5 Å². The Balaban J connectivity index is 2.49. The molecule has 0 saturated carbocycles. The summed E-state index contributed by atoms with van der Waals surface area (Å²) in [5.41, 5.74) is 0.755. The molecule has 0 heterocycles. The van der Waals surface area contributed by atoms with Crippen molar-refractivity contribution in [1.29, 1.82) is 0 Å². The molecular weight excluding hydrogens is 274 g/mol. The summed E-state index contributed by atoms with van der Waals surface area (Å²) in [5, 5.41) is 3.70. The van der Waals surface area contributed by atoms with Crippen molar-refractivity contribution >= 4 is 27.1 Å². The lowest BCUT2D eigenvalue weighted by molar-refractivity contribution is 0.415. The molecular formula is C12H18ClNO3S. The molecule has 0 bridgehead atoms. The molecule has 0 radical (unpaired) electrons. The predicted molar refractivity (Wildman–Crippen MR) is 75.4 cm³/mol. The first-order valence-electron chi connectivity index (χ1n) is 5.76. The number of nitrogens with one attached hydrogen (secondary N) is 1. The summed E-state index contributed by atoms with van der Waals surface area (Å²) in [6.45, 7) is 2.22. The van der Waals surface area contributed by atoms with Crippen LogP contribution < -0.4 is 10.1 Å². The monoisotopic (exact) mass is 291 g/mol. The van der Waals surface area contributed by atoms with Gasteiger partial charge < -0.3 is 10.1 Å². The maximum atomic E-state index is 11.3. The molecule has 6 heteroatoms. The van der Waals surface area contributed by atoms with E-state index >= 15 is 0 Å². The molecule has 0 unspecified atom stereocenters. The number of hydrogen-bond donors (Lipinski definition) is 1. The van der Waals surface area contributed by atoms with Crippen molar-refractivity contribution in [3.05, 3.63) is 23.2 Å². The predicted octanol–water partition coefficient (Wildman–Crippen LogP) is 2.59. The average Bonchev–Trinajstić information content (AvgIpc) is 2.36. The summed E-state index contributed by atoms with van der Waals surface area (Å²) in [6, 6.07) is 5.30. The molecule has 1 N–H and O–H groups in total. The summed E-state index contributed by atoms with van der Waals surface area (Å²) >= 11 is 6.01. The van der Waals surface area contributed by atoms with Crippen molar-refractivity contribution in [2.75, 3.05) is 30.5 Å². The number of ether oxygens (including phenoxy) is 1. The van der Waals surface area contributed by atoms with Gasteiger partial charge in [0, 0.05) is 18.4 Å². The van der Waals surface area contributed by atoms with Gasteiger partial charge in [0.15, 0.2) is 0 Å². The summed E-state index contributed by atoms with van der Waals surface area (Å²) < 4.78 is 27.7. The fraction of sp³-hybridized carbons (Fsp3) is 0.500. The van der Waals surface area contributed by atoms with E-state index in [0.29, 0.717) is 23.7 Å². The fourth-order valence-corrected chi connectivity index (χ4v) is 2.48. The Hall–Kier alpha value is -0.940. The van der Waals surface area contributed by atoms with Gasteiger partial charge >= 0.3 is 0 Å². The van der Waals surface area contributed by atoms with E-state index in [9.17, 15) is 8.42 Å². The van der Waals surface area contributed by atoms with Gasteiger partial charge in [-0.15, -0.1) is 0 Å². The molecule has 4 nitrogen and oxygen atoms in total. The topological polar surface area (TPSA) is 55.4 Å². The molecule has 0 aliphatic rings. The minimum absolute atomic E-state index is 0.187. The zero-order valence-corrected chi connectivity index (χ0v) is 12.1. The van der Waals surface area contributed by atoms with E-state index in [-0.39, 0.29) is 11.5 Å². The second-order valence-electron chi connectivity index (χ2n) is 3.86. The van der Waals surface area contributed by atoms with Crippen LogP contribution >= 0.6 is 11.6 Å². The average molecular weight is 292 g/mol. The van der Waals surface area contributed by atoms with Crippen molar-refractivity contribution in [3.63, 3.8) is 0 Å². The molecule has 0 saturated heterocycles. The second kappa shape index (κ2) is 6.85. The molecule has 0 spiro atoms. The number of sulfone groups is 1. The van der Waals surface area contributed by atoms with Crippen LogP contribution in [0.2, 0.25) is 5.02 Å². The molecule has 1 aromatic rings. The van der Waals surface area contributed by atoms with Gasteiger partial charge in [0.25, 0.3) is 0 Å². The highest BCUT2D eigenvalue weighted by molar-refractivity contribution is 7.91. The largest absolute Gasteiger partial charge is 0.497 e. The van der Waals surface area contributed by atoms with Crippen LogP contribution in [-0.4, -0.2) is 33.6 Å². The van der Waals surface area contributed by atoms with Gasteiger partial charge in [-0.25, -0.2) is 8.42 Å². The third kappa shape index (κ3) is 4.74. The third-order valence-electron chi connectivity index (χ3n) is 2.56. The van der Waals surface area contributed by atoms with E-state index in [2.05, 4.69) is 5.32 Å². The van der Waals surface area contributed by atoms with Gasteiger partial charge in [0.05, 0.1) is 23.6 Å². The number of anilines is 1. The maximum Gasteiger partial charge on any atom is 0.150 e. The third-order valence-corrected chi connectivity index (χ3v) is 4.68. The minimum atomic E-state index is -2.89. The molecule has 0 amide bonds. The van der Waals surface area contributed by atoms with E-state index in [0.717, 1.165) is 5.69 Å². The molecule has 0 aromatic heterocycles. The number of hydrogen-bond acceptors (Lipinski definition) is 4. The smallest absolute Gasteiger partial charge is 0.150 e. The van der Waals surface area contributed by atoms with Crippen molar-refractivity contribution in [1.82, 2.24) is 0 Å². The van der Waals surface area contributed by atoms with Gasteiger partial charge in [0.2, 0.25) is 0 Å². The van der Waals surface area contributed by atoms with Crippen LogP contribution in [0.5, 0.6) is 5.75 Å². The Labute approximate surface area is 113 Å². The van der Waals surface area contributed by atoms with Crippen molar-refractivity contribution < 1.29 is 13.2 Å². The lowest BCUT2D eigenvalue weighted by Crippen LogP contribution is -2.13. The summed E-state index contributed by atoms with van der Waals surface area (Å²) in [7, 11) is -1.31. The van der Waals surface area contributed by atoms with Crippen LogP contribution in [0.4, 0.5) is 5.69 Å².